The smallest absolute Gasteiger partial charge is 0.317 e. The molecule has 1 aromatic rings. The number of aromatic nitrogens is 2. The molecule has 1 heterocycles. The first-order valence-corrected chi connectivity index (χ1v) is 5.94. The lowest BCUT2D eigenvalue weighted by Crippen LogP contribution is -2.17. The topological polar surface area (TPSA) is 83.0 Å². The van der Waals surface area contributed by atoms with E-state index in [9.17, 15) is 9.59 Å². The molecule has 1 unspecified atom stereocenters. The largest absolute Gasteiger partial charge is 0.480 e. The minimum atomic E-state index is -0.882. The lowest BCUT2D eigenvalue weighted by molar-refractivity contribution is -0.136. The van der Waals surface area contributed by atoms with Crippen molar-refractivity contribution >= 4 is 17.7 Å². The van der Waals surface area contributed by atoms with Crippen LogP contribution in [0.2, 0.25) is 0 Å². The Morgan fingerprint density at radius 2 is 2.31 bits per heavy atom. The van der Waals surface area contributed by atoms with Gasteiger partial charge in [-0.05, 0) is 6.42 Å². The van der Waals surface area contributed by atoms with Crippen molar-refractivity contribution in [2.45, 2.75) is 37.0 Å². The van der Waals surface area contributed by atoms with E-state index < -0.39 is 11.2 Å². The fourth-order valence-corrected chi connectivity index (χ4v) is 2.06. The van der Waals surface area contributed by atoms with E-state index in [0.29, 0.717) is 23.7 Å². The van der Waals surface area contributed by atoms with Gasteiger partial charge in [0, 0.05) is 12.5 Å². The number of aromatic amines is 1. The second kappa shape index (κ2) is 5.69. The number of H-pyrrole nitrogens is 1. The first-order chi connectivity index (χ1) is 7.56. The zero-order chi connectivity index (χ0) is 12.1. The highest BCUT2D eigenvalue weighted by molar-refractivity contribution is 8.00. The molecule has 0 bridgehead atoms. The van der Waals surface area contributed by atoms with Crippen LogP contribution in [0, 0.1) is 0 Å². The number of nitrogens with one attached hydrogen (secondary N) is 1. The molecular weight excluding hydrogens is 228 g/mol. The number of aryl methyl sites for hydroxylation is 1. The van der Waals surface area contributed by atoms with Gasteiger partial charge in [-0.2, -0.15) is 0 Å². The van der Waals surface area contributed by atoms with E-state index in [1.54, 1.807) is 6.92 Å². The lowest BCUT2D eigenvalue weighted by Gasteiger charge is -2.08. The minimum Gasteiger partial charge on any atom is -0.480 e. The van der Waals surface area contributed by atoms with Crippen molar-refractivity contribution in [1.82, 2.24) is 9.97 Å². The zero-order valence-corrected chi connectivity index (χ0v) is 10.0. The monoisotopic (exact) mass is 242 g/mol. The van der Waals surface area contributed by atoms with Gasteiger partial charge in [-0.1, -0.05) is 25.6 Å². The van der Waals surface area contributed by atoms with E-state index in [4.69, 9.17) is 5.11 Å². The molecule has 1 aromatic heterocycles. The fourth-order valence-electron chi connectivity index (χ4n) is 1.17. The number of hydrogen-bond donors (Lipinski definition) is 2. The molecule has 0 amide bonds. The Kier molecular flexibility index (Phi) is 4.54. The molecular formula is C10H14N2O3S. The molecule has 0 aliphatic heterocycles. The van der Waals surface area contributed by atoms with E-state index in [1.807, 2.05) is 6.92 Å². The van der Waals surface area contributed by atoms with Crippen LogP contribution in [0.1, 0.15) is 26.1 Å². The lowest BCUT2D eigenvalue weighted by atomic mass is 10.3. The molecule has 0 fully saturated rings. The van der Waals surface area contributed by atoms with Gasteiger partial charge in [-0.25, -0.2) is 4.98 Å². The maximum atomic E-state index is 11.3. The third-order valence-corrected chi connectivity index (χ3v) is 3.28. The highest BCUT2D eigenvalue weighted by Gasteiger charge is 2.17. The van der Waals surface area contributed by atoms with Crippen LogP contribution >= 0.6 is 11.8 Å². The quantitative estimate of drug-likeness (QED) is 0.600. The molecule has 0 aliphatic carbocycles. The van der Waals surface area contributed by atoms with Crippen molar-refractivity contribution in [3.05, 3.63) is 22.2 Å². The van der Waals surface area contributed by atoms with Gasteiger partial charge in [-0.3, -0.25) is 9.59 Å². The predicted molar refractivity (Wildman–Crippen MR) is 61.8 cm³/mol. The second-order valence-corrected chi connectivity index (χ2v) is 4.46. The van der Waals surface area contributed by atoms with Crippen LogP contribution in [0.15, 0.2) is 15.9 Å². The molecule has 16 heavy (non-hydrogen) atoms. The Hall–Kier alpha value is -1.30. The number of rotatable bonds is 5. The molecule has 5 nitrogen and oxygen atoms in total. The summed E-state index contributed by atoms with van der Waals surface area (Å²) in [4.78, 5) is 28.8. The third kappa shape index (κ3) is 3.37. The summed E-state index contributed by atoms with van der Waals surface area (Å²) in [5.41, 5.74) is -0.241. The standard InChI is InChI=1S/C10H14N2O3S/c1-3-6(10(14)15)16-9-5-8(13)11-7(4-2)12-9/h5-6H,3-4H2,1-2H3,(H,14,15)(H,11,12,13). The SMILES string of the molecule is CCc1nc(SC(CC)C(=O)O)cc(=O)[nH]1. The Morgan fingerprint density at radius 3 is 2.81 bits per heavy atom. The van der Waals surface area contributed by atoms with E-state index in [2.05, 4.69) is 9.97 Å². The van der Waals surface area contributed by atoms with Gasteiger partial charge in [0.1, 0.15) is 16.1 Å². The highest BCUT2D eigenvalue weighted by Crippen LogP contribution is 2.22. The Morgan fingerprint density at radius 1 is 1.62 bits per heavy atom. The van der Waals surface area contributed by atoms with E-state index in [-0.39, 0.29) is 5.56 Å². The first kappa shape index (κ1) is 12.8. The molecule has 2 N–H and O–H groups in total. The van der Waals surface area contributed by atoms with Crippen LogP contribution in [0.4, 0.5) is 0 Å². The molecule has 0 spiro atoms. The van der Waals surface area contributed by atoms with Crippen LogP contribution in [-0.2, 0) is 11.2 Å². The number of aliphatic carboxylic acids is 1. The number of hydrogen-bond acceptors (Lipinski definition) is 4. The van der Waals surface area contributed by atoms with Crippen LogP contribution in [-0.4, -0.2) is 26.3 Å². The summed E-state index contributed by atoms with van der Waals surface area (Å²) >= 11 is 1.11. The summed E-state index contributed by atoms with van der Waals surface area (Å²) in [6.45, 7) is 3.67. The Bertz CT molecular complexity index is 430. The Labute approximate surface area is 97.3 Å². The average Bonchev–Trinajstić information content (AvgIpc) is 2.24. The van der Waals surface area contributed by atoms with Crippen molar-refractivity contribution in [3.63, 3.8) is 0 Å². The van der Waals surface area contributed by atoms with Gasteiger partial charge < -0.3 is 10.1 Å². The van der Waals surface area contributed by atoms with Crippen molar-refractivity contribution in [2.75, 3.05) is 0 Å². The van der Waals surface area contributed by atoms with Gasteiger partial charge in [-0.15, -0.1) is 0 Å². The molecule has 0 saturated heterocycles. The predicted octanol–water partition coefficient (Wildman–Crippen LogP) is 1.29. The number of carboxylic acids is 1. The maximum absolute atomic E-state index is 11.3. The number of carbonyl (C=O) groups is 1. The molecule has 6 heteroatoms. The minimum absolute atomic E-state index is 0.241. The zero-order valence-electron chi connectivity index (χ0n) is 9.19. The summed E-state index contributed by atoms with van der Waals surface area (Å²) in [6.07, 6.45) is 1.11. The van der Waals surface area contributed by atoms with Gasteiger partial charge in [0.25, 0.3) is 5.56 Å². The fraction of sp³-hybridized carbons (Fsp3) is 0.500. The second-order valence-electron chi connectivity index (χ2n) is 3.24. The van der Waals surface area contributed by atoms with E-state index in [0.717, 1.165) is 11.8 Å². The summed E-state index contributed by atoms with van der Waals surface area (Å²) in [5, 5.41) is 8.81. The molecule has 0 aromatic carbocycles. The summed E-state index contributed by atoms with van der Waals surface area (Å²) in [6, 6.07) is 1.33. The van der Waals surface area contributed by atoms with Crippen LogP contribution in [0.5, 0.6) is 0 Å². The number of thioether (sulfide) groups is 1. The number of nitrogens with zero attached hydrogens (tertiary/aromatic N) is 1. The van der Waals surface area contributed by atoms with E-state index in [1.165, 1.54) is 6.07 Å². The summed E-state index contributed by atoms with van der Waals surface area (Å²) < 4.78 is 0. The summed E-state index contributed by atoms with van der Waals surface area (Å²) in [5.74, 6) is -0.303. The molecule has 0 radical (unpaired) electrons. The highest BCUT2D eigenvalue weighted by atomic mass is 32.2. The van der Waals surface area contributed by atoms with Crippen LogP contribution in [0.3, 0.4) is 0 Å². The van der Waals surface area contributed by atoms with Crippen LogP contribution < -0.4 is 5.56 Å². The van der Waals surface area contributed by atoms with Crippen LogP contribution in [0.25, 0.3) is 0 Å². The van der Waals surface area contributed by atoms with Gasteiger partial charge in [0.15, 0.2) is 0 Å². The molecule has 1 atom stereocenters. The number of carboxylic acid groups (broad SMARTS) is 1. The molecule has 0 saturated carbocycles. The molecule has 1 rings (SSSR count). The van der Waals surface area contributed by atoms with Crippen molar-refractivity contribution in [1.29, 1.82) is 0 Å². The van der Waals surface area contributed by atoms with Gasteiger partial charge >= 0.3 is 5.97 Å². The van der Waals surface area contributed by atoms with E-state index >= 15 is 0 Å². The van der Waals surface area contributed by atoms with Crippen molar-refractivity contribution in [3.8, 4) is 0 Å². The van der Waals surface area contributed by atoms with Crippen molar-refractivity contribution < 1.29 is 9.90 Å². The third-order valence-electron chi connectivity index (χ3n) is 2.01. The van der Waals surface area contributed by atoms with Gasteiger partial charge in [0.05, 0.1) is 0 Å². The normalized spacial score (nSPS) is 12.4. The average molecular weight is 242 g/mol. The summed E-state index contributed by atoms with van der Waals surface area (Å²) in [7, 11) is 0. The van der Waals surface area contributed by atoms with Gasteiger partial charge in [0.2, 0.25) is 0 Å². The van der Waals surface area contributed by atoms with Crippen molar-refractivity contribution in [2.24, 2.45) is 0 Å². The molecule has 0 aliphatic rings. The molecule has 88 valence electrons. The Balaban J connectivity index is 2.91. The maximum Gasteiger partial charge on any atom is 0.317 e. The first-order valence-electron chi connectivity index (χ1n) is 5.06.